The van der Waals surface area contributed by atoms with Crippen molar-refractivity contribution in [3.63, 3.8) is 0 Å². The quantitative estimate of drug-likeness (QED) is 0.575. The SMILES string of the molecule is [Fe].[O-]C(=C1C=CC=C1)c1ccccc1.[O-]C(=C1C=CC=C1)c1ccccc1. The molecular formula is C24H18FeO2-2. The maximum atomic E-state index is 11.7. The van der Waals surface area contributed by atoms with Crippen LogP contribution in [-0.4, -0.2) is 0 Å². The second kappa shape index (κ2) is 10.2. The zero-order chi connectivity index (χ0) is 18.2. The largest absolute Gasteiger partial charge is 0.872 e. The zero-order valence-corrected chi connectivity index (χ0v) is 15.7. The summed E-state index contributed by atoms with van der Waals surface area (Å²) in [6.45, 7) is 0. The van der Waals surface area contributed by atoms with Crippen LogP contribution in [0, 0.1) is 0 Å². The number of benzene rings is 2. The molecule has 0 aromatic heterocycles. The summed E-state index contributed by atoms with van der Waals surface area (Å²) in [6, 6.07) is 18.6. The molecule has 0 aliphatic heterocycles. The molecule has 27 heavy (non-hydrogen) atoms. The Bertz CT molecular complexity index is 823. The smallest absolute Gasteiger partial charge is 0 e. The molecule has 0 spiro atoms. The van der Waals surface area contributed by atoms with E-state index in [0.29, 0.717) is 0 Å². The van der Waals surface area contributed by atoms with E-state index in [1.807, 2.05) is 109 Å². The summed E-state index contributed by atoms with van der Waals surface area (Å²) >= 11 is 0. The van der Waals surface area contributed by atoms with Crippen molar-refractivity contribution >= 4 is 11.5 Å². The Kier molecular flexibility index (Phi) is 7.69. The molecule has 0 fully saturated rings. The monoisotopic (exact) mass is 394 g/mol. The van der Waals surface area contributed by atoms with Crippen LogP contribution in [0.5, 0.6) is 0 Å². The van der Waals surface area contributed by atoms with E-state index in [9.17, 15) is 10.2 Å². The third-order valence-corrected chi connectivity index (χ3v) is 3.92. The van der Waals surface area contributed by atoms with Gasteiger partial charge in [-0.05, 0) is 22.3 Å². The van der Waals surface area contributed by atoms with Gasteiger partial charge < -0.3 is 10.2 Å². The molecule has 4 rings (SSSR count). The number of hydrogen-bond acceptors (Lipinski definition) is 2. The molecule has 0 unspecified atom stereocenters. The molecule has 0 atom stereocenters. The first-order valence-corrected chi connectivity index (χ1v) is 8.38. The summed E-state index contributed by atoms with van der Waals surface area (Å²) in [5.41, 5.74) is 3.00. The molecule has 0 saturated carbocycles. The Labute approximate surface area is 170 Å². The van der Waals surface area contributed by atoms with E-state index in [0.717, 1.165) is 22.3 Å². The van der Waals surface area contributed by atoms with Gasteiger partial charge in [0.05, 0.1) is 0 Å². The van der Waals surface area contributed by atoms with Crippen molar-refractivity contribution in [3.05, 3.63) is 132 Å². The van der Waals surface area contributed by atoms with Crippen LogP contribution < -0.4 is 10.2 Å². The van der Waals surface area contributed by atoms with Crippen molar-refractivity contribution in [1.29, 1.82) is 0 Å². The average molecular weight is 394 g/mol. The fourth-order valence-corrected chi connectivity index (χ4v) is 2.56. The Morgan fingerprint density at radius 2 is 0.778 bits per heavy atom. The first-order valence-electron chi connectivity index (χ1n) is 8.38. The van der Waals surface area contributed by atoms with Crippen molar-refractivity contribution in [3.8, 4) is 0 Å². The molecule has 0 N–H and O–H groups in total. The van der Waals surface area contributed by atoms with Crippen LogP contribution in [0.25, 0.3) is 11.5 Å². The summed E-state index contributed by atoms with van der Waals surface area (Å²) in [4.78, 5) is 0. The summed E-state index contributed by atoms with van der Waals surface area (Å²) in [6.07, 6.45) is 14.8. The van der Waals surface area contributed by atoms with Crippen LogP contribution in [0.3, 0.4) is 0 Å². The van der Waals surface area contributed by atoms with Crippen molar-refractivity contribution in [2.24, 2.45) is 0 Å². The molecule has 0 amide bonds. The summed E-state index contributed by atoms with van der Waals surface area (Å²) in [5, 5.41) is 23.4. The molecule has 136 valence electrons. The third kappa shape index (κ3) is 5.49. The van der Waals surface area contributed by atoms with E-state index in [1.54, 1.807) is 0 Å². The summed E-state index contributed by atoms with van der Waals surface area (Å²) in [7, 11) is 0. The molecule has 0 heterocycles. The average Bonchev–Trinajstić information content (AvgIpc) is 3.43. The maximum absolute atomic E-state index is 11.7. The molecule has 2 nitrogen and oxygen atoms in total. The minimum atomic E-state index is 0. The second-order valence-electron chi connectivity index (χ2n) is 5.74. The van der Waals surface area contributed by atoms with Crippen LogP contribution >= 0.6 is 0 Å². The molecule has 3 heteroatoms. The second-order valence-corrected chi connectivity index (χ2v) is 5.74. The topological polar surface area (TPSA) is 46.1 Å². The first-order chi connectivity index (χ1) is 12.8. The van der Waals surface area contributed by atoms with Gasteiger partial charge in [0, 0.05) is 17.1 Å². The van der Waals surface area contributed by atoms with Crippen molar-refractivity contribution in [1.82, 2.24) is 0 Å². The van der Waals surface area contributed by atoms with E-state index in [4.69, 9.17) is 0 Å². The van der Waals surface area contributed by atoms with Crippen molar-refractivity contribution in [2.75, 3.05) is 0 Å². The Hall–Kier alpha value is -3.00. The minimum Gasteiger partial charge on any atom is -0.872 e. The van der Waals surface area contributed by atoms with E-state index in [1.165, 1.54) is 0 Å². The van der Waals surface area contributed by atoms with Gasteiger partial charge in [-0.3, -0.25) is 0 Å². The standard InChI is InChI=1S/2C12H10O.Fe/c2*13-12(11-8-4-5-9-11)10-6-2-1-3-7-10;/h2*1-9,13H;/p-2. The van der Waals surface area contributed by atoms with Gasteiger partial charge in [0.15, 0.2) is 0 Å². The minimum absolute atomic E-state index is 0. The Balaban J connectivity index is 0.000000187. The fourth-order valence-electron chi connectivity index (χ4n) is 2.56. The van der Waals surface area contributed by atoms with Gasteiger partial charge in [0.2, 0.25) is 0 Å². The van der Waals surface area contributed by atoms with E-state index in [-0.39, 0.29) is 28.6 Å². The van der Waals surface area contributed by atoms with Crippen LogP contribution in [0.1, 0.15) is 11.1 Å². The van der Waals surface area contributed by atoms with Crippen LogP contribution in [0.15, 0.2) is 120 Å². The van der Waals surface area contributed by atoms with E-state index < -0.39 is 0 Å². The van der Waals surface area contributed by atoms with Gasteiger partial charge in [0.1, 0.15) is 0 Å². The number of allylic oxidation sites excluding steroid dienone is 10. The molecule has 2 aromatic carbocycles. The first kappa shape index (κ1) is 20.3. The van der Waals surface area contributed by atoms with Crippen LogP contribution in [0.2, 0.25) is 0 Å². The molecule has 2 aliphatic rings. The van der Waals surface area contributed by atoms with Gasteiger partial charge in [-0.15, -0.1) is 0 Å². The van der Waals surface area contributed by atoms with Crippen molar-refractivity contribution < 1.29 is 27.3 Å². The van der Waals surface area contributed by atoms with Gasteiger partial charge in [-0.2, -0.15) is 0 Å². The third-order valence-electron chi connectivity index (χ3n) is 3.92. The van der Waals surface area contributed by atoms with Gasteiger partial charge >= 0.3 is 0 Å². The maximum Gasteiger partial charge on any atom is 0 e. The predicted octanol–water partition coefficient (Wildman–Crippen LogP) is 3.77. The van der Waals surface area contributed by atoms with Crippen molar-refractivity contribution in [2.45, 2.75) is 0 Å². The molecular weight excluding hydrogens is 376 g/mol. The van der Waals surface area contributed by atoms with Crippen LogP contribution in [0.4, 0.5) is 0 Å². The van der Waals surface area contributed by atoms with E-state index in [2.05, 4.69) is 0 Å². The molecule has 0 bridgehead atoms. The Morgan fingerprint density at radius 3 is 1.07 bits per heavy atom. The van der Waals surface area contributed by atoms with Crippen LogP contribution in [-0.2, 0) is 17.1 Å². The zero-order valence-electron chi connectivity index (χ0n) is 14.6. The van der Waals surface area contributed by atoms with Gasteiger partial charge in [-0.25, -0.2) is 0 Å². The normalized spacial score (nSPS) is 13.2. The molecule has 0 radical (unpaired) electrons. The van der Waals surface area contributed by atoms with Gasteiger partial charge in [0.25, 0.3) is 0 Å². The van der Waals surface area contributed by atoms with E-state index >= 15 is 0 Å². The molecule has 2 aromatic rings. The number of hydrogen-bond donors (Lipinski definition) is 0. The number of rotatable bonds is 2. The predicted molar refractivity (Wildman–Crippen MR) is 103 cm³/mol. The fraction of sp³-hybridized carbons (Fsp3) is 0. The molecule has 2 aliphatic carbocycles. The van der Waals surface area contributed by atoms with Gasteiger partial charge in [-0.1, -0.05) is 121 Å². The summed E-state index contributed by atoms with van der Waals surface area (Å²) < 4.78 is 0. The molecule has 0 saturated heterocycles. The summed E-state index contributed by atoms with van der Waals surface area (Å²) in [5.74, 6) is 0.177. The Morgan fingerprint density at radius 1 is 0.481 bits per heavy atom.